The second kappa shape index (κ2) is 14.7. The summed E-state index contributed by atoms with van der Waals surface area (Å²) in [6.45, 7) is 6.13. The van der Waals surface area contributed by atoms with E-state index in [4.69, 9.17) is 0 Å². The van der Waals surface area contributed by atoms with E-state index in [1.807, 2.05) is 36.4 Å². The molecule has 0 bridgehead atoms. The number of hydrogen-bond acceptors (Lipinski definition) is 1. The van der Waals surface area contributed by atoms with E-state index >= 15 is 0 Å². The van der Waals surface area contributed by atoms with Gasteiger partial charge in [0.1, 0.15) is 0 Å². The first-order valence-electron chi connectivity index (χ1n) is 10.3. The average Bonchev–Trinajstić information content (AvgIpc) is 2.65. The number of amides is 1. The molecule has 1 amide bonds. The quantitative estimate of drug-likeness (QED) is 0.279. The Morgan fingerprint density at radius 1 is 0.920 bits per heavy atom. The Labute approximate surface area is 155 Å². The molecule has 0 unspecified atom stereocenters. The third kappa shape index (κ3) is 10.8. The zero-order chi connectivity index (χ0) is 18.2. The summed E-state index contributed by atoms with van der Waals surface area (Å²) in [5, 5.41) is 3.06. The van der Waals surface area contributed by atoms with Crippen molar-refractivity contribution >= 4 is 5.91 Å². The number of carbonyl (C=O) groups excluding carboxylic acids is 1. The lowest BCUT2D eigenvalue weighted by molar-refractivity contribution is 0.0942. The number of hydrogen-bond donors (Lipinski definition) is 1. The van der Waals surface area contributed by atoms with Crippen LogP contribution in [-0.4, -0.2) is 11.9 Å². The third-order valence-corrected chi connectivity index (χ3v) is 4.76. The van der Waals surface area contributed by atoms with Gasteiger partial charge >= 0.3 is 0 Å². The fourth-order valence-corrected chi connectivity index (χ4v) is 3.12. The molecule has 1 rings (SSSR count). The van der Waals surface area contributed by atoms with E-state index in [0.717, 1.165) is 12.8 Å². The molecule has 0 heterocycles. The Kier molecular flexibility index (Phi) is 12.7. The van der Waals surface area contributed by atoms with E-state index < -0.39 is 0 Å². The highest BCUT2D eigenvalue weighted by Gasteiger charge is 2.10. The van der Waals surface area contributed by atoms with Crippen LogP contribution < -0.4 is 5.32 Å². The lowest BCUT2D eigenvalue weighted by atomic mass is 10.0. The van der Waals surface area contributed by atoms with E-state index in [9.17, 15) is 4.79 Å². The third-order valence-electron chi connectivity index (χ3n) is 4.76. The fourth-order valence-electron chi connectivity index (χ4n) is 3.12. The molecule has 0 aliphatic rings. The molecular formula is C23H37NO. The summed E-state index contributed by atoms with van der Waals surface area (Å²) < 4.78 is 0. The van der Waals surface area contributed by atoms with Gasteiger partial charge in [0.2, 0.25) is 0 Å². The SMILES string of the molecule is C=C[C@@H](CCCCCCCCCCCCC)NC(=O)c1ccccc1. The van der Waals surface area contributed by atoms with Crippen LogP contribution in [0.1, 0.15) is 94.3 Å². The number of carbonyl (C=O) groups is 1. The first-order chi connectivity index (χ1) is 12.3. The van der Waals surface area contributed by atoms with Crippen molar-refractivity contribution in [2.45, 2.75) is 90.0 Å². The van der Waals surface area contributed by atoms with Crippen LogP contribution in [0.25, 0.3) is 0 Å². The van der Waals surface area contributed by atoms with Crippen LogP contribution in [0, 0.1) is 0 Å². The highest BCUT2D eigenvalue weighted by Crippen LogP contribution is 2.13. The molecule has 0 fully saturated rings. The molecule has 1 N–H and O–H groups in total. The van der Waals surface area contributed by atoms with Crippen molar-refractivity contribution in [2.75, 3.05) is 0 Å². The van der Waals surface area contributed by atoms with E-state index in [2.05, 4.69) is 18.8 Å². The topological polar surface area (TPSA) is 29.1 Å². The number of nitrogens with one attached hydrogen (secondary N) is 1. The minimum absolute atomic E-state index is 0.00595. The van der Waals surface area contributed by atoms with Gasteiger partial charge in [0.15, 0.2) is 0 Å². The monoisotopic (exact) mass is 343 g/mol. The van der Waals surface area contributed by atoms with Gasteiger partial charge in [-0.1, -0.05) is 102 Å². The molecule has 0 saturated heterocycles. The molecule has 2 nitrogen and oxygen atoms in total. The first kappa shape index (κ1) is 21.5. The van der Waals surface area contributed by atoms with Gasteiger partial charge in [0.05, 0.1) is 0 Å². The molecule has 1 atom stereocenters. The lowest BCUT2D eigenvalue weighted by Crippen LogP contribution is -2.33. The van der Waals surface area contributed by atoms with Crippen LogP contribution in [0.3, 0.4) is 0 Å². The molecular weight excluding hydrogens is 306 g/mol. The molecule has 2 heteroatoms. The maximum Gasteiger partial charge on any atom is 0.251 e. The Hall–Kier alpha value is -1.57. The smallest absolute Gasteiger partial charge is 0.251 e. The molecule has 140 valence electrons. The van der Waals surface area contributed by atoms with Crippen LogP contribution in [-0.2, 0) is 0 Å². The highest BCUT2D eigenvalue weighted by atomic mass is 16.1. The maximum atomic E-state index is 12.2. The van der Waals surface area contributed by atoms with Gasteiger partial charge in [-0.3, -0.25) is 4.79 Å². The molecule has 0 spiro atoms. The summed E-state index contributed by atoms with van der Waals surface area (Å²) in [5.41, 5.74) is 0.716. The van der Waals surface area contributed by atoms with Gasteiger partial charge < -0.3 is 5.32 Å². The molecule has 25 heavy (non-hydrogen) atoms. The number of rotatable bonds is 15. The highest BCUT2D eigenvalue weighted by molar-refractivity contribution is 5.94. The zero-order valence-corrected chi connectivity index (χ0v) is 16.1. The Balaban J connectivity index is 2.02. The van der Waals surface area contributed by atoms with Crippen molar-refractivity contribution in [1.82, 2.24) is 5.32 Å². The first-order valence-corrected chi connectivity index (χ1v) is 10.3. The van der Waals surface area contributed by atoms with Gasteiger partial charge in [0, 0.05) is 11.6 Å². The minimum Gasteiger partial charge on any atom is -0.346 e. The van der Waals surface area contributed by atoms with Gasteiger partial charge in [0.25, 0.3) is 5.91 Å². The van der Waals surface area contributed by atoms with Crippen molar-refractivity contribution in [3.05, 3.63) is 48.6 Å². The zero-order valence-electron chi connectivity index (χ0n) is 16.1. The van der Waals surface area contributed by atoms with Crippen molar-refractivity contribution < 1.29 is 4.79 Å². The molecule has 1 aromatic rings. The average molecular weight is 344 g/mol. The molecule has 1 aromatic carbocycles. The van der Waals surface area contributed by atoms with E-state index in [1.165, 1.54) is 64.2 Å². The molecule has 0 aromatic heterocycles. The van der Waals surface area contributed by atoms with Gasteiger partial charge in [-0.2, -0.15) is 0 Å². The second-order valence-corrected chi connectivity index (χ2v) is 7.01. The summed E-state index contributed by atoms with van der Waals surface area (Å²) in [5.74, 6) is -0.00595. The fraction of sp³-hybridized carbons (Fsp3) is 0.609. The Morgan fingerprint density at radius 3 is 1.96 bits per heavy atom. The summed E-state index contributed by atoms with van der Waals surface area (Å²) in [6, 6.07) is 9.47. The summed E-state index contributed by atoms with van der Waals surface area (Å²) >= 11 is 0. The van der Waals surface area contributed by atoms with Crippen molar-refractivity contribution in [3.8, 4) is 0 Å². The van der Waals surface area contributed by atoms with Crippen LogP contribution in [0.15, 0.2) is 43.0 Å². The number of benzene rings is 1. The van der Waals surface area contributed by atoms with Crippen molar-refractivity contribution in [3.63, 3.8) is 0 Å². The predicted octanol–water partition coefficient (Wildman–Crippen LogP) is 6.67. The summed E-state index contributed by atoms with van der Waals surface area (Å²) in [4.78, 5) is 12.2. The standard InChI is InChI=1S/C23H37NO/c1-3-5-6-7-8-9-10-11-12-13-17-20-22(4-2)24-23(25)21-18-15-14-16-19-21/h4,14-16,18-19,22H,2-3,5-13,17,20H2,1H3,(H,24,25)/t22-/m0/s1. The second-order valence-electron chi connectivity index (χ2n) is 7.01. The van der Waals surface area contributed by atoms with Crippen LogP contribution in [0.5, 0.6) is 0 Å². The largest absolute Gasteiger partial charge is 0.346 e. The van der Waals surface area contributed by atoms with Crippen LogP contribution >= 0.6 is 0 Å². The lowest BCUT2D eigenvalue weighted by Gasteiger charge is -2.14. The summed E-state index contributed by atoms with van der Waals surface area (Å²) in [6.07, 6.45) is 17.6. The molecule has 0 radical (unpaired) electrons. The van der Waals surface area contributed by atoms with E-state index in [0.29, 0.717) is 5.56 Å². The van der Waals surface area contributed by atoms with Gasteiger partial charge in [-0.25, -0.2) is 0 Å². The van der Waals surface area contributed by atoms with E-state index in [1.54, 1.807) is 0 Å². The van der Waals surface area contributed by atoms with Crippen molar-refractivity contribution in [1.29, 1.82) is 0 Å². The van der Waals surface area contributed by atoms with E-state index in [-0.39, 0.29) is 11.9 Å². The predicted molar refractivity (Wildman–Crippen MR) is 109 cm³/mol. The van der Waals surface area contributed by atoms with Gasteiger partial charge in [-0.05, 0) is 18.6 Å². The summed E-state index contributed by atoms with van der Waals surface area (Å²) in [7, 11) is 0. The van der Waals surface area contributed by atoms with Gasteiger partial charge in [-0.15, -0.1) is 6.58 Å². The minimum atomic E-state index is -0.00595. The maximum absolute atomic E-state index is 12.2. The normalized spacial score (nSPS) is 11.9. The Bertz CT molecular complexity index is 454. The Morgan fingerprint density at radius 2 is 1.44 bits per heavy atom. The van der Waals surface area contributed by atoms with Crippen LogP contribution in [0.4, 0.5) is 0 Å². The number of unbranched alkanes of at least 4 members (excludes halogenated alkanes) is 10. The van der Waals surface area contributed by atoms with Crippen molar-refractivity contribution in [2.24, 2.45) is 0 Å². The molecule has 0 aliphatic carbocycles. The molecule has 0 saturated carbocycles. The van der Waals surface area contributed by atoms with Crippen LogP contribution in [0.2, 0.25) is 0 Å². The molecule has 0 aliphatic heterocycles.